The van der Waals surface area contributed by atoms with E-state index in [1.807, 2.05) is 6.92 Å². The van der Waals surface area contributed by atoms with E-state index >= 15 is 0 Å². The van der Waals surface area contributed by atoms with Crippen molar-refractivity contribution in [3.8, 4) is 0 Å². The molecule has 0 aliphatic heterocycles. The molecule has 11 heavy (non-hydrogen) atoms. The second-order valence-electron chi connectivity index (χ2n) is 3.69. The molecule has 0 N–H and O–H groups in total. The molecule has 1 saturated carbocycles. The normalized spacial score (nSPS) is 45.2. The molecule has 2 nitrogen and oxygen atoms in total. The van der Waals surface area contributed by atoms with Crippen molar-refractivity contribution in [1.29, 1.82) is 0 Å². The largest absolute Gasteiger partial charge is 0.469 e. The number of hydrogen-bond donors (Lipinski definition) is 0. The zero-order valence-electron chi connectivity index (χ0n) is 7.05. The summed E-state index contributed by atoms with van der Waals surface area (Å²) < 4.78 is 4.73. The minimum atomic E-state index is -0.196. The number of ether oxygens (including phenoxy) is 1. The van der Waals surface area contributed by atoms with E-state index < -0.39 is 0 Å². The second-order valence-corrected chi connectivity index (χ2v) is 3.69. The molecule has 0 heterocycles. The van der Waals surface area contributed by atoms with Crippen molar-refractivity contribution in [3.05, 3.63) is 11.6 Å². The average molecular weight is 152 g/mol. The van der Waals surface area contributed by atoms with Gasteiger partial charge in [-0.25, -0.2) is 0 Å². The minimum Gasteiger partial charge on any atom is -0.469 e. The lowest BCUT2D eigenvalue weighted by atomic mass is 10.0. The third kappa shape index (κ3) is 0.561. The van der Waals surface area contributed by atoms with Crippen molar-refractivity contribution in [2.24, 2.45) is 17.3 Å². The van der Waals surface area contributed by atoms with Crippen LogP contribution in [0.1, 0.15) is 13.8 Å². The lowest BCUT2D eigenvalue weighted by molar-refractivity contribution is -0.147. The molecule has 2 rings (SSSR count). The Kier molecular flexibility index (Phi) is 1.05. The summed E-state index contributed by atoms with van der Waals surface area (Å²) in [5.74, 6) is 0.922. The summed E-state index contributed by atoms with van der Waals surface area (Å²) in [7, 11) is 1.46. The van der Waals surface area contributed by atoms with E-state index in [4.69, 9.17) is 4.74 Å². The Morgan fingerprint density at radius 1 is 1.73 bits per heavy atom. The summed E-state index contributed by atoms with van der Waals surface area (Å²) >= 11 is 0. The van der Waals surface area contributed by atoms with E-state index in [1.165, 1.54) is 12.7 Å². The molecule has 60 valence electrons. The molecular formula is C9H12O2. The highest BCUT2D eigenvalue weighted by Gasteiger charge is 2.70. The second kappa shape index (κ2) is 1.68. The first-order chi connectivity index (χ1) is 5.12. The van der Waals surface area contributed by atoms with Gasteiger partial charge < -0.3 is 4.74 Å². The Morgan fingerprint density at radius 2 is 2.36 bits per heavy atom. The molecule has 0 aromatic rings. The third-order valence-electron chi connectivity index (χ3n) is 3.15. The zero-order chi connectivity index (χ0) is 8.22. The topological polar surface area (TPSA) is 26.3 Å². The number of carbonyl (C=O) groups excluding carboxylic acids is 1. The summed E-state index contributed by atoms with van der Waals surface area (Å²) in [6.45, 7) is 4.07. The smallest absolute Gasteiger partial charge is 0.312 e. The lowest BCUT2D eigenvalue weighted by Gasteiger charge is -2.06. The van der Waals surface area contributed by atoms with Crippen LogP contribution in [0.3, 0.4) is 0 Å². The molecule has 3 atom stereocenters. The fourth-order valence-corrected chi connectivity index (χ4v) is 2.32. The Morgan fingerprint density at radius 3 is 2.64 bits per heavy atom. The first-order valence-electron chi connectivity index (χ1n) is 3.89. The van der Waals surface area contributed by atoms with E-state index in [-0.39, 0.29) is 11.4 Å². The lowest BCUT2D eigenvalue weighted by Crippen LogP contribution is -2.16. The van der Waals surface area contributed by atoms with E-state index in [0.29, 0.717) is 11.8 Å². The van der Waals surface area contributed by atoms with Gasteiger partial charge in [-0.2, -0.15) is 0 Å². The standard InChI is InChI=1S/C9H12O2/c1-5-4-6-7(5)9(6,2)8(10)11-3/h4,6-7H,1-3H3/t6-,7+,9+/m1/s1. The number of carbonyl (C=O) groups is 1. The summed E-state index contributed by atoms with van der Waals surface area (Å²) in [4.78, 5) is 11.2. The van der Waals surface area contributed by atoms with Gasteiger partial charge in [0.25, 0.3) is 0 Å². The van der Waals surface area contributed by atoms with E-state index in [9.17, 15) is 4.79 Å². The van der Waals surface area contributed by atoms with Gasteiger partial charge in [-0.3, -0.25) is 4.79 Å². The molecule has 2 aliphatic rings. The highest BCUT2D eigenvalue weighted by molar-refractivity contribution is 5.84. The number of esters is 1. The maximum absolute atomic E-state index is 11.2. The van der Waals surface area contributed by atoms with Gasteiger partial charge >= 0.3 is 5.97 Å². The molecule has 2 heteroatoms. The van der Waals surface area contributed by atoms with E-state index in [0.717, 1.165) is 0 Å². The van der Waals surface area contributed by atoms with Gasteiger partial charge in [-0.05, 0) is 13.8 Å². The van der Waals surface area contributed by atoms with Crippen LogP contribution in [0, 0.1) is 17.3 Å². The number of rotatable bonds is 1. The maximum Gasteiger partial charge on any atom is 0.312 e. The molecule has 0 aromatic carbocycles. The van der Waals surface area contributed by atoms with Crippen LogP contribution in [0.4, 0.5) is 0 Å². The molecule has 0 radical (unpaired) electrons. The summed E-state index contributed by atoms with van der Waals surface area (Å²) in [5, 5.41) is 0. The molecule has 0 aromatic heterocycles. The zero-order valence-corrected chi connectivity index (χ0v) is 7.05. The Hall–Kier alpha value is -0.790. The van der Waals surface area contributed by atoms with Crippen molar-refractivity contribution in [2.75, 3.05) is 7.11 Å². The van der Waals surface area contributed by atoms with Crippen LogP contribution in [0.2, 0.25) is 0 Å². The van der Waals surface area contributed by atoms with Crippen LogP contribution in [0.5, 0.6) is 0 Å². The van der Waals surface area contributed by atoms with Crippen molar-refractivity contribution in [1.82, 2.24) is 0 Å². The van der Waals surface area contributed by atoms with Gasteiger partial charge in [-0.15, -0.1) is 0 Å². The van der Waals surface area contributed by atoms with Crippen molar-refractivity contribution >= 4 is 5.97 Å². The molecule has 0 unspecified atom stereocenters. The van der Waals surface area contributed by atoms with Gasteiger partial charge in [0.15, 0.2) is 0 Å². The molecule has 0 spiro atoms. The molecule has 1 fully saturated rings. The Balaban J connectivity index is 2.15. The summed E-state index contributed by atoms with van der Waals surface area (Å²) in [6, 6.07) is 0. The van der Waals surface area contributed by atoms with Crippen molar-refractivity contribution < 1.29 is 9.53 Å². The molecule has 0 amide bonds. The van der Waals surface area contributed by atoms with Crippen LogP contribution in [-0.2, 0) is 9.53 Å². The van der Waals surface area contributed by atoms with E-state index in [1.54, 1.807) is 0 Å². The third-order valence-corrected chi connectivity index (χ3v) is 3.15. The van der Waals surface area contributed by atoms with Gasteiger partial charge in [0.1, 0.15) is 0 Å². The van der Waals surface area contributed by atoms with Crippen LogP contribution >= 0.6 is 0 Å². The summed E-state index contributed by atoms with van der Waals surface area (Å²) in [5.41, 5.74) is 1.15. The molecule has 0 bridgehead atoms. The first-order valence-corrected chi connectivity index (χ1v) is 3.89. The monoisotopic (exact) mass is 152 g/mol. The fraction of sp³-hybridized carbons (Fsp3) is 0.667. The average Bonchev–Trinajstić information content (AvgIpc) is 2.47. The SMILES string of the molecule is COC(=O)[C@@]1(C)[C@@H]2C=C(C)[C@@H]21. The number of methoxy groups -OCH3 is 1. The highest BCUT2D eigenvalue weighted by Crippen LogP contribution is 2.69. The fourth-order valence-electron chi connectivity index (χ4n) is 2.32. The Labute approximate surface area is 66.2 Å². The highest BCUT2D eigenvalue weighted by atomic mass is 16.5. The molecule has 2 aliphatic carbocycles. The number of allylic oxidation sites excluding steroid dienone is 2. The molecular weight excluding hydrogens is 140 g/mol. The van der Waals surface area contributed by atoms with E-state index in [2.05, 4.69) is 13.0 Å². The number of fused-ring (bicyclic) bond motifs is 1. The van der Waals surface area contributed by atoms with Crippen LogP contribution < -0.4 is 0 Å². The van der Waals surface area contributed by atoms with Crippen molar-refractivity contribution in [3.63, 3.8) is 0 Å². The van der Waals surface area contributed by atoms with Gasteiger partial charge in [0.2, 0.25) is 0 Å². The van der Waals surface area contributed by atoms with Crippen LogP contribution in [-0.4, -0.2) is 13.1 Å². The van der Waals surface area contributed by atoms with Crippen LogP contribution in [0.15, 0.2) is 11.6 Å². The molecule has 0 saturated heterocycles. The predicted octanol–water partition coefficient (Wildman–Crippen LogP) is 1.37. The van der Waals surface area contributed by atoms with Crippen LogP contribution in [0.25, 0.3) is 0 Å². The number of hydrogen-bond acceptors (Lipinski definition) is 2. The van der Waals surface area contributed by atoms with Gasteiger partial charge in [-0.1, -0.05) is 11.6 Å². The predicted molar refractivity (Wildman–Crippen MR) is 40.9 cm³/mol. The van der Waals surface area contributed by atoms with Gasteiger partial charge in [0, 0.05) is 11.8 Å². The Bertz CT molecular complexity index is 254. The van der Waals surface area contributed by atoms with Gasteiger partial charge in [0.05, 0.1) is 12.5 Å². The van der Waals surface area contributed by atoms with Crippen molar-refractivity contribution in [2.45, 2.75) is 13.8 Å². The minimum absolute atomic E-state index is 0.0550. The quantitative estimate of drug-likeness (QED) is 0.419. The summed E-state index contributed by atoms with van der Waals surface area (Å²) in [6.07, 6.45) is 2.17. The first kappa shape index (κ1) is 6.89. The maximum atomic E-state index is 11.2.